The van der Waals surface area contributed by atoms with Crippen LogP contribution in [0, 0.1) is 5.41 Å². The smallest absolute Gasteiger partial charge is 0.0571 e. The number of hydrogen-bond donors (Lipinski definition) is 0. The summed E-state index contributed by atoms with van der Waals surface area (Å²) in [6.07, 6.45) is 2.37. The van der Waals surface area contributed by atoms with Gasteiger partial charge in [-0.3, -0.25) is 5.01 Å². The van der Waals surface area contributed by atoms with Crippen LogP contribution in [0.2, 0.25) is 0 Å². The van der Waals surface area contributed by atoms with Gasteiger partial charge in [-0.25, -0.2) is 0 Å². The third-order valence-electron chi connectivity index (χ3n) is 3.44. The van der Waals surface area contributed by atoms with E-state index in [1.165, 1.54) is 18.6 Å². The Morgan fingerprint density at radius 3 is 2.42 bits per heavy atom. The quantitative estimate of drug-likeness (QED) is 0.618. The second-order valence-corrected chi connectivity index (χ2v) is 3.95. The van der Waals surface area contributed by atoms with Crippen LogP contribution < -0.4 is 0 Å². The molecule has 12 heavy (non-hydrogen) atoms. The Kier molecular flexibility index (Phi) is 2.45. The number of nitrogens with zero attached hydrogens (tertiary/aromatic N) is 2. The number of rotatable bonds is 2. The Balaban J connectivity index is 2.91. The predicted octanol–water partition coefficient (Wildman–Crippen LogP) is 2.50. The van der Waals surface area contributed by atoms with Crippen molar-refractivity contribution in [3.63, 3.8) is 0 Å². The van der Waals surface area contributed by atoms with Crippen LogP contribution in [0.3, 0.4) is 0 Å². The van der Waals surface area contributed by atoms with Gasteiger partial charge in [0.2, 0.25) is 0 Å². The van der Waals surface area contributed by atoms with Gasteiger partial charge in [-0.15, -0.1) is 0 Å². The van der Waals surface area contributed by atoms with Crippen LogP contribution in [0.1, 0.15) is 40.5 Å². The van der Waals surface area contributed by atoms with E-state index in [2.05, 4.69) is 44.9 Å². The summed E-state index contributed by atoms with van der Waals surface area (Å²) < 4.78 is 0. The summed E-state index contributed by atoms with van der Waals surface area (Å²) in [5.74, 6) is 0. The average Bonchev–Trinajstić information content (AvgIpc) is 2.24. The first-order valence-corrected chi connectivity index (χ1v) is 4.84. The predicted molar refractivity (Wildman–Crippen MR) is 53.3 cm³/mol. The van der Waals surface area contributed by atoms with Crippen molar-refractivity contribution in [1.82, 2.24) is 5.01 Å². The summed E-state index contributed by atoms with van der Waals surface area (Å²) in [6.45, 7) is 8.96. The molecule has 0 bridgehead atoms. The van der Waals surface area contributed by atoms with Gasteiger partial charge in [-0.05, 0) is 19.8 Å². The molecule has 1 rings (SSSR count). The molecule has 2 nitrogen and oxygen atoms in total. The van der Waals surface area contributed by atoms with E-state index in [0.29, 0.717) is 11.5 Å². The van der Waals surface area contributed by atoms with E-state index >= 15 is 0 Å². The maximum Gasteiger partial charge on any atom is 0.0571 e. The zero-order valence-corrected chi connectivity index (χ0v) is 8.89. The zero-order valence-electron chi connectivity index (χ0n) is 8.89. The Bertz CT molecular complexity index is 198. The van der Waals surface area contributed by atoms with Gasteiger partial charge in [0.15, 0.2) is 0 Å². The molecule has 0 aromatic heterocycles. The van der Waals surface area contributed by atoms with Crippen molar-refractivity contribution < 1.29 is 0 Å². The highest BCUT2D eigenvalue weighted by molar-refractivity contribution is 5.89. The standard InChI is InChI=1S/C10H20N2/c1-6-9-10(4,7-2)8(3)11-12(9)5/h9H,6-7H2,1-5H3. The summed E-state index contributed by atoms with van der Waals surface area (Å²) in [7, 11) is 2.08. The van der Waals surface area contributed by atoms with Crippen LogP contribution in [0.25, 0.3) is 0 Å². The first kappa shape index (κ1) is 9.56. The maximum absolute atomic E-state index is 4.52. The fourth-order valence-electron chi connectivity index (χ4n) is 2.28. The molecule has 0 aromatic carbocycles. The molecule has 1 aliphatic heterocycles. The molecule has 0 aromatic rings. The molecule has 2 unspecified atom stereocenters. The Morgan fingerprint density at radius 2 is 2.08 bits per heavy atom. The van der Waals surface area contributed by atoms with Crippen LogP contribution >= 0.6 is 0 Å². The highest BCUT2D eigenvalue weighted by Gasteiger charge is 2.41. The van der Waals surface area contributed by atoms with E-state index in [4.69, 9.17) is 0 Å². The second kappa shape index (κ2) is 3.08. The van der Waals surface area contributed by atoms with Crippen molar-refractivity contribution in [1.29, 1.82) is 0 Å². The van der Waals surface area contributed by atoms with Crippen LogP contribution in [-0.4, -0.2) is 23.8 Å². The highest BCUT2D eigenvalue weighted by Crippen LogP contribution is 2.37. The van der Waals surface area contributed by atoms with Gasteiger partial charge in [0, 0.05) is 18.2 Å². The van der Waals surface area contributed by atoms with Gasteiger partial charge < -0.3 is 0 Å². The minimum absolute atomic E-state index is 0.309. The van der Waals surface area contributed by atoms with E-state index < -0.39 is 0 Å². The largest absolute Gasteiger partial charge is 0.296 e. The molecule has 0 aliphatic carbocycles. The molecule has 0 spiro atoms. The first-order valence-electron chi connectivity index (χ1n) is 4.84. The second-order valence-electron chi connectivity index (χ2n) is 3.95. The first-order chi connectivity index (χ1) is 5.56. The fourth-order valence-corrected chi connectivity index (χ4v) is 2.28. The molecule has 2 atom stereocenters. The third-order valence-corrected chi connectivity index (χ3v) is 3.44. The zero-order chi connectivity index (χ0) is 9.35. The van der Waals surface area contributed by atoms with Crippen molar-refractivity contribution in [3.05, 3.63) is 0 Å². The molecule has 70 valence electrons. The molecule has 0 fully saturated rings. The van der Waals surface area contributed by atoms with Gasteiger partial charge in [0.25, 0.3) is 0 Å². The summed E-state index contributed by atoms with van der Waals surface area (Å²) in [5.41, 5.74) is 1.60. The topological polar surface area (TPSA) is 15.6 Å². The number of hydrogen-bond acceptors (Lipinski definition) is 2. The van der Waals surface area contributed by atoms with Crippen molar-refractivity contribution in [2.75, 3.05) is 7.05 Å². The van der Waals surface area contributed by atoms with E-state index in [-0.39, 0.29) is 0 Å². The fraction of sp³-hybridized carbons (Fsp3) is 0.900. The minimum atomic E-state index is 0.309. The molecule has 1 aliphatic rings. The van der Waals surface area contributed by atoms with Crippen LogP contribution in [0.15, 0.2) is 5.10 Å². The van der Waals surface area contributed by atoms with Gasteiger partial charge in [0.05, 0.1) is 6.04 Å². The van der Waals surface area contributed by atoms with Crippen LogP contribution in [0.5, 0.6) is 0 Å². The summed E-state index contributed by atoms with van der Waals surface area (Å²) >= 11 is 0. The molecule has 0 amide bonds. The normalized spacial score (nSPS) is 35.6. The molecular formula is C10H20N2. The maximum atomic E-state index is 4.52. The Labute approximate surface area is 75.6 Å². The lowest BCUT2D eigenvalue weighted by atomic mass is 9.76. The van der Waals surface area contributed by atoms with Gasteiger partial charge >= 0.3 is 0 Å². The lowest BCUT2D eigenvalue weighted by Crippen LogP contribution is -2.38. The van der Waals surface area contributed by atoms with E-state index in [1.807, 2.05) is 0 Å². The molecular weight excluding hydrogens is 148 g/mol. The molecule has 0 radical (unpaired) electrons. The van der Waals surface area contributed by atoms with Crippen LogP contribution in [0.4, 0.5) is 0 Å². The molecule has 0 saturated heterocycles. The van der Waals surface area contributed by atoms with Crippen molar-refractivity contribution >= 4 is 5.71 Å². The van der Waals surface area contributed by atoms with E-state index in [9.17, 15) is 0 Å². The number of hydrazone groups is 1. The monoisotopic (exact) mass is 168 g/mol. The Hall–Kier alpha value is -0.530. The van der Waals surface area contributed by atoms with Gasteiger partial charge in [-0.2, -0.15) is 5.10 Å². The lowest BCUT2D eigenvalue weighted by Gasteiger charge is -2.32. The average molecular weight is 168 g/mol. The molecule has 1 heterocycles. The van der Waals surface area contributed by atoms with Crippen LogP contribution in [-0.2, 0) is 0 Å². The van der Waals surface area contributed by atoms with Gasteiger partial charge in [-0.1, -0.05) is 20.8 Å². The summed E-state index contributed by atoms with van der Waals surface area (Å²) in [4.78, 5) is 0. The summed E-state index contributed by atoms with van der Waals surface area (Å²) in [5, 5.41) is 6.64. The van der Waals surface area contributed by atoms with E-state index in [1.54, 1.807) is 0 Å². The molecule has 0 saturated carbocycles. The Morgan fingerprint density at radius 1 is 1.50 bits per heavy atom. The van der Waals surface area contributed by atoms with Crippen molar-refractivity contribution in [2.45, 2.75) is 46.6 Å². The summed E-state index contributed by atoms with van der Waals surface area (Å²) in [6, 6.07) is 0.600. The SMILES string of the molecule is CCC1N(C)N=C(C)C1(C)CC. The lowest BCUT2D eigenvalue weighted by molar-refractivity contribution is 0.179. The van der Waals surface area contributed by atoms with Crippen molar-refractivity contribution in [3.8, 4) is 0 Å². The third kappa shape index (κ3) is 1.13. The highest BCUT2D eigenvalue weighted by atomic mass is 15.5. The van der Waals surface area contributed by atoms with E-state index in [0.717, 1.165) is 0 Å². The molecule has 0 N–H and O–H groups in total. The minimum Gasteiger partial charge on any atom is -0.296 e. The molecule has 2 heteroatoms. The van der Waals surface area contributed by atoms with Gasteiger partial charge in [0.1, 0.15) is 0 Å². The van der Waals surface area contributed by atoms with Crippen molar-refractivity contribution in [2.24, 2.45) is 10.5 Å².